The second-order valence-corrected chi connectivity index (χ2v) is 9.43. The summed E-state index contributed by atoms with van der Waals surface area (Å²) >= 11 is 0. The fourth-order valence-corrected chi connectivity index (χ4v) is 5.45. The number of nitrogens with zero attached hydrogens (tertiary/aromatic N) is 2. The van der Waals surface area contributed by atoms with E-state index in [9.17, 15) is 0 Å². The van der Waals surface area contributed by atoms with Crippen molar-refractivity contribution in [2.75, 3.05) is 0 Å². The van der Waals surface area contributed by atoms with Crippen LogP contribution in [0.4, 0.5) is 0 Å². The molecule has 4 heteroatoms. The van der Waals surface area contributed by atoms with Crippen LogP contribution in [0.25, 0.3) is 77.5 Å². The van der Waals surface area contributed by atoms with Gasteiger partial charge in [0.15, 0.2) is 5.58 Å². The zero-order valence-electron chi connectivity index (χ0n) is 20.3. The molecule has 178 valence electrons. The van der Waals surface area contributed by atoms with E-state index >= 15 is 0 Å². The van der Waals surface area contributed by atoms with Gasteiger partial charge in [-0.25, -0.2) is 4.98 Å². The average Bonchev–Trinajstić information content (AvgIpc) is 3.56. The van der Waals surface area contributed by atoms with Crippen LogP contribution in [-0.2, 0) is 0 Å². The summed E-state index contributed by atoms with van der Waals surface area (Å²) in [6.07, 6.45) is 3.67. The van der Waals surface area contributed by atoms with Crippen LogP contribution in [0.1, 0.15) is 0 Å². The van der Waals surface area contributed by atoms with Crippen molar-refractivity contribution in [2.24, 2.45) is 0 Å². The summed E-state index contributed by atoms with van der Waals surface area (Å²) < 4.78 is 12.3. The van der Waals surface area contributed by atoms with Gasteiger partial charge in [-0.2, -0.15) is 0 Å². The van der Waals surface area contributed by atoms with Crippen molar-refractivity contribution >= 4 is 44.1 Å². The van der Waals surface area contributed by atoms with Crippen molar-refractivity contribution in [3.05, 3.63) is 122 Å². The minimum atomic E-state index is 0.656. The number of fused-ring (bicyclic) bond motifs is 6. The second kappa shape index (κ2) is 8.15. The molecule has 8 rings (SSSR count). The van der Waals surface area contributed by atoms with Crippen molar-refractivity contribution in [3.8, 4) is 33.4 Å². The number of aromatic nitrogens is 2. The maximum Gasteiger partial charge on any atom is 0.227 e. The van der Waals surface area contributed by atoms with Gasteiger partial charge in [0, 0.05) is 28.7 Å². The number of furan rings is 2. The van der Waals surface area contributed by atoms with Crippen molar-refractivity contribution in [1.82, 2.24) is 9.97 Å². The van der Waals surface area contributed by atoms with E-state index in [-0.39, 0.29) is 0 Å². The molecule has 0 radical (unpaired) electrons. The van der Waals surface area contributed by atoms with Gasteiger partial charge in [0.1, 0.15) is 16.7 Å². The van der Waals surface area contributed by atoms with Crippen LogP contribution in [0.2, 0.25) is 0 Å². The first-order valence-electron chi connectivity index (χ1n) is 12.6. The van der Waals surface area contributed by atoms with Crippen LogP contribution >= 0.6 is 0 Å². The molecular weight excluding hydrogens is 468 g/mol. The third kappa shape index (κ3) is 3.17. The van der Waals surface area contributed by atoms with Crippen molar-refractivity contribution in [1.29, 1.82) is 0 Å². The van der Waals surface area contributed by atoms with E-state index in [0.29, 0.717) is 5.71 Å². The summed E-state index contributed by atoms with van der Waals surface area (Å²) in [7, 11) is 0. The number of pyridine rings is 2. The van der Waals surface area contributed by atoms with Gasteiger partial charge in [-0.3, -0.25) is 4.98 Å². The highest BCUT2D eigenvalue weighted by Crippen LogP contribution is 2.38. The molecule has 0 aliphatic rings. The minimum Gasteiger partial charge on any atom is -0.454 e. The Hall–Kier alpha value is -5.22. The first-order valence-corrected chi connectivity index (χ1v) is 12.6. The van der Waals surface area contributed by atoms with Crippen LogP contribution in [0.3, 0.4) is 0 Å². The number of hydrogen-bond donors (Lipinski definition) is 0. The highest BCUT2D eigenvalue weighted by Gasteiger charge is 2.15. The maximum atomic E-state index is 6.25. The van der Waals surface area contributed by atoms with Gasteiger partial charge in [-0.15, -0.1) is 0 Å². The molecule has 38 heavy (non-hydrogen) atoms. The molecule has 0 aliphatic heterocycles. The molecule has 0 bridgehead atoms. The van der Waals surface area contributed by atoms with Gasteiger partial charge in [-0.1, -0.05) is 66.7 Å². The van der Waals surface area contributed by atoms with E-state index in [4.69, 9.17) is 8.83 Å². The van der Waals surface area contributed by atoms with Crippen LogP contribution in [0, 0.1) is 0 Å². The zero-order chi connectivity index (χ0) is 25.1. The maximum absolute atomic E-state index is 6.25. The molecule has 4 heterocycles. The number of hydrogen-bond acceptors (Lipinski definition) is 4. The Bertz CT molecular complexity index is 2150. The Kier molecular flexibility index (Phi) is 4.49. The lowest BCUT2D eigenvalue weighted by molar-refractivity contribution is 0.654. The van der Waals surface area contributed by atoms with E-state index in [1.54, 1.807) is 0 Å². The SMILES string of the molecule is c1cc(-c2cccc(-c3ccnc4oc5ccccc5c34)c2)cc(-c2ccnc3c2oc2ccccc23)c1. The summed E-state index contributed by atoms with van der Waals surface area (Å²) in [5.41, 5.74) is 10.7. The van der Waals surface area contributed by atoms with Crippen LogP contribution in [0.15, 0.2) is 130 Å². The molecule has 0 N–H and O–H groups in total. The fourth-order valence-electron chi connectivity index (χ4n) is 5.45. The van der Waals surface area contributed by atoms with E-state index in [1.165, 1.54) is 0 Å². The summed E-state index contributed by atoms with van der Waals surface area (Å²) in [6.45, 7) is 0. The third-order valence-electron chi connectivity index (χ3n) is 7.22. The molecule has 4 nitrogen and oxygen atoms in total. The number of benzene rings is 4. The monoisotopic (exact) mass is 488 g/mol. The lowest BCUT2D eigenvalue weighted by Gasteiger charge is -2.09. The minimum absolute atomic E-state index is 0.656. The van der Waals surface area contributed by atoms with Crippen LogP contribution in [-0.4, -0.2) is 9.97 Å². The molecular formula is C34H20N2O2. The number of rotatable bonds is 3. The molecule has 4 aromatic carbocycles. The van der Waals surface area contributed by atoms with Crippen molar-refractivity contribution in [3.63, 3.8) is 0 Å². The summed E-state index contributed by atoms with van der Waals surface area (Å²) in [4.78, 5) is 9.11. The Morgan fingerprint density at radius 1 is 0.474 bits per heavy atom. The van der Waals surface area contributed by atoms with Crippen molar-refractivity contribution < 1.29 is 8.83 Å². The molecule has 0 atom stereocenters. The largest absolute Gasteiger partial charge is 0.454 e. The quantitative estimate of drug-likeness (QED) is 0.249. The zero-order valence-corrected chi connectivity index (χ0v) is 20.3. The molecule has 8 aromatic rings. The van der Waals surface area contributed by atoms with Gasteiger partial charge in [-0.05, 0) is 70.3 Å². The lowest BCUT2D eigenvalue weighted by atomic mass is 9.95. The molecule has 0 saturated heterocycles. The average molecular weight is 489 g/mol. The van der Waals surface area contributed by atoms with Gasteiger partial charge in [0.2, 0.25) is 5.71 Å². The predicted octanol–water partition coefficient (Wildman–Crippen LogP) is 9.28. The standard InChI is InChI=1S/C34H20N2O2/c1-3-13-29-27(11-1)31-25(15-18-36-34(31)38-29)23-9-5-7-21(19-23)22-8-6-10-24(20-22)26-16-17-35-32-28-12-2-4-14-30(28)37-33(26)32/h1-20H. The van der Waals surface area contributed by atoms with E-state index in [1.807, 2.05) is 54.9 Å². The third-order valence-corrected chi connectivity index (χ3v) is 7.22. The molecule has 4 aromatic heterocycles. The first-order chi connectivity index (χ1) is 18.8. The predicted molar refractivity (Wildman–Crippen MR) is 153 cm³/mol. The second-order valence-electron chi connectivity index (χ2n) is 9.43. The molecule has 0 saturated carbocycles. The van der Waals surface area contributed by atoms with Gasteiger partial charge in [0.05, 0.1) is 5.39 Å². The lowest BCUT2D eigenvalue weighted by Crippen LogP contribution is -1.86. The number of para-hydroxylation sites is 2. The Morgan fingerprint density at radius 2 is 1.08 bits per heavy atom. The van der Waals surface area contributed by atoms with E-state index < -0.39 is 0 Å². The summed E-state index contributed by atoms with van der Waals surface area (Å²) in [6, 6.07) is 37.5. The van der Waals surface area contributed by atoms with Gasteiger partial charge < -0.3 is 8.83 Å². The van der Waals surface area contributed by atoms with E-state index in [2.05, 4.69) is 76.7 Å². The molecule has 0 spiro atoms. The topological polar surface area (TPSA) is 52.1 Å². The Balaban J connectivity index is 1.27. The summed E-state index contributed by atoms with van der Waals surface area (Å²) in [5.74, 6) is 0. The molecule has 0 aliphatic carbocycles. The molecule has 0 amide bonds. The van der Waals surface area contributed by atoms with Crippen molar-refractivity contribution in [2.45, 2.75) is 0 Å². The normalized spacial score (nSPS) is 11.7. The first kappa shape index (κ1) is 20.9. The summed E-state index contributed by atoms with van der Waals surface area (Å²) in [5, 5.41) is 3.15. The highest BCUT2D eigenvalue weighted by atomic mass is 16.3. The van der Waals surface area contributed by atoms with E-state index in [0.717, 1.165) is 71.8 Å². The van der Waals surface area contributed by atoms with Crippen LogP contribution < -0.4 is 0 Å². The van der Waals surface area contributed by atoms with Crippen LogP contribution in [0.5, 0.6) is 0 Å². The Morgan fingerprint density at radius 3 is 1.87 bits per heavy atom. The molecule has 0 fully saturated rings. The fraction of sp³-hybridized carbons (Fsp3) is 0. The smallest absolute Gasteiger partial charge is 0.227 e. The Labute approximate surface area is 217 Å². The van der Waals surface area contributed by atoms with Gasteiger partial charge in [0.25, 0.3) is 0 Å². The highest BCUT2D eigenvalue weighted by molar-refractivity contribution is 6.11. The molecule has 0 unspecified atom stereocenters. The van der Waals surface area contributed by atoms with Gasteiger partial charge >= 0.3 is 0 Å².